The first-order valence-corrected chi connectivity index (χ1v) is 8.13. The van der Waals surface area contributed by atoms with Crippen molar-refractivity contribution in [3.63, 3.8) is 0 Å². The number of benzene rings is 1. The van der Waals surface area contributed by atoms with E-state index in [1.807, 2.05) is 0 Å². The lowest BCUT2D eigenvalue weighted by atomic mass is 10.3. The van der Waals surface area contributed by atoms with Crippen LogP contribution in [0.3, 0.4) is 0 Å². The van der Waals surface area contributed by atoms with Gasteiger partial charge in [-0.2, -0.15) is 15.0 Å². The highest BCUT2D eigenvalue weighted by molar-refractivity contribution is 8.00. The van der Waals surface area contributed by atoms with Gasteiger partial charge < -0.3 is 16.8 Å². The molecule has 5 N–H and O–H groups in total. The maximum Gasteiger partial charge on any atom is 0.225 e. The maximum atomic E-state index is 13.1. The lowest BCUT2D eigenvalue weighted by Crippen LogP contribution is -2.05. The number of nitrogens with one attached hydrogen (secondary N) is 1. The summed E-state index contributed by atoms with van der Waals surface area (Å²) in [5, 5.41) is 11.6. The molecule has 118 valence electrons. The Morgan fingerprint density at radius 1 is 1.13 bits per heavy atom. The van der Waals surface area contributed by atoms with Gasteiger partial charge in [0.2, 0.25) is 17.0 Å². The van der Waals surface area contributed by atoms with E-state index in [0.29, 0.717) is 26.7 Å². The van der Waals surface area contributed by atoms with E-state index in [0.717, 1.165) is 0 Å². The zero-order chi connectivity index (χ0) is 16.2. The van der Waals surface area contributed by atoms with Crippen LogP contribution in [-0.4, -0.2) is 25.1 Å². The zero-order valence-corrected chi connectivity index (χ0v) is 13.2. The lowest BCUT2D eigenvalue weighted by Gasteiger charge is -2.01. The quantitative estimate of drug-likeness (QED) is 0.592. The van der Waals surface area contributed by atoms with Crippen molar-refractivity contribution in [2.24, 2.45) is 0 Å². The lowest BCUT2D eigenvalue weighted by molar-refractivity contribution is 0.628. The molecule has 2 aromatic heterocycles. The molecule has 11 heteroatoms. The summed E-state index contributed by atoms with van der Waals surface area (Å²) in [7, 11) is 0. The van der Waals surface area contributed by atoms with Crippen LogP contribution in [0.4, 0.5) is 27.1 Å². The Balaban J connectivity index is 1.63. The fourth-order valence-corrected chi connectivity index (χ4v) is 3.28. The molecule has 1 aromatic carbocycles. The van der Waals surface area contributed by atoms with Gasteiger partial charge in [-0.3, -0.25) is 0 Å². The fourth-order valence-electron chi connectivity index (χ4n) is 1.66. The van der Waals surface area contributed by atoms with Crippen LogP contribution in [0, 0.1) is 5.82 Å². The number of aromatic nitrogens is 5. The summed E-state index contributed by atoms with van der Waals surface area (Å²) in [6, 6.07) is 6.11. The minimum Gasteiger partial charge on any atom is -0.368 e. The van der Waals surface area contributed by atoms with Gasteiger partial charge in [0.25, 0.3) is 0 Å². The van der Waals surface area contributed by atoms with Crippen LogP contribution in [0.15, 0.2) is 28.6 Å². The van der Waals surface area contributed by atoms with Crippen molar-refractivity contribution in [3.05, 3.63) is 35.9 Å². The Morgan fingerprint density at radius 3 is 2.65 bits per heavy atom. The van der Waals surface area contributed by atoms with Crippen molar-refractivity contribution >= 4 is 45.8 Å². The molecule has 0 spiro atoms. The third-order valence-corrected chi connectivity index (χ3v) is 4.49. The molecule has 8 nitrogen and oxygen atoms in total. The molecule has 0 unspecified atom stereocenters. The smallest absolute Gasteiger partial charge is 0.225 e. The Hall–Kier alpha value is -2.53. The molecule has 3 rings (SSSR count). The number of anilines is 4. The molecule has 0 aliphatic rings. The molecule has 3 aromatic rings. The predicted molar refractivity (Wildman–Crippen MR) is 87.8 cm³/mol. The van der Waals surface area contributed by atoms with Gasteiger partial charge in [-0.1, -0.05) is 29.2 Å². The van der Waals surface area contributed by atoms with Crippen molar-refractivity contribution in [3.8, 4) is 0 Å². The maximum absolute atomic E-state index is 13.1. The molecule has 0 saturated carbocycles. The summed E-state index contributed by atoms with van der Waals surface area (Å²) in [5.41, 5.74) is 11.6. The predicted octanol–water partition coefficient (Wildman–Crippen LogP) is 2.06. The van der Waals surface area contributed by atoms with Gasteiger partial charge in [-0.15, -0.1) is 10.2 Å². The van der Waals surface area contributed by atoms with Gasteiger partial charge >= 0.3 is 0 Å². The largest absolute Gasteiger partial charge is 0.368 e. The van der Waals surface area contributed by atoms with Crippen molar-refractivity contribution in [1.29, 1.82) is 0 Å². The molecule has 0 fully saturated rings. The van der Waals surface area contributed by atoms with E-state index in [1.54, 1.807) is 12.1 Å². The summed E-state index contributed by atoms with van der Waals surface area (Å²) in [4.78, 5) is 11.7. The molecule has 2 heterocycles. The molecule has 0 radical (unpaired) electrons. The summed E-state index contributed by atoms with van der Waals surface area (Å²) < 4.78 is 13.8. The molecular weight excluding hydrogens is 339 g/mol. The number of nitrogen functional groups attached to an aromatic ring is 2. The van der Waals surface area contributed by atoms with Crippen LogP contribution >= 0.6 is 23.1 Å². The average Bonchev–Trinajstić information content (AvgIpc) is 2.92. The highest BCUT2D eigenvalue weighted by Gasteiger charge is 2.08. The minimum atomic E-state index is -0.320. The summed E-state index contributed by atoms with van der Waals surface area (Å²) in [5.74, 6) is 0.748. The van der Waals surface area contributed by atoms with Crippen LogP contribution in [0.25, 0.3) is 0 Å². The highest BCUT2D eigenvalue weighted by Crippen LogP contribution is 2.29. The number of halogens is 1. The third kappa shape index (κ3) is 4.23. The van der Waals surface area contributed by atoms with Crippen molar-refractivity contribution in [2.75, 3.05) is 16.8 Å². The zero-order valence-electron chi connectivity index (χ0n) is 11.6. The van der Waals surface area contributed by atoms with Crippen LogP contribution < -0.4 is 16.8 Å². The number of nitrogens with two attached hydrogens (primary N) is 2. The van der Waals surface area contributed by atoms with Gasteiger partial charge in [0.15, 0.2) is 4.34 Å². The van der Waals surface area contributed by atoms with Gasteiger partial charge in [-0.05, 0) is 18.2 Å². The van der Waals surface area contributed by atoms with E-state index in [2.05, 4.69) is 30.5 Å². The van der Waals surface area contributed by atoms with Crippen LogP contribution in [0.1, 0.15) is 5.82 Å². The van der Waals surface area contributed by atoms with Gasteiger partial charge in [0.1, 0.15) is 11.6 Å². The molecule has 0 saturated heterocycles. The standard InChI is InChI=1S/C12H11FN8S2/c13-6-2-1-3-7(4-6)16-11-20-21-12(23-11)22-5-8-17-9(14)19-10(15)18-8/h1-4H,5H2,(H,16,20)(H4,14,15,17,18,19). The van der Waals surface area contributed by atoms with E-state index < -0.39 is 0 Å². The second-order valence-corrected chi connectivity index (χ2v) is 6.47. The Morgan fingerprint density at radius 2 is 1.91 bits per heavy atom. The molecular formula is C12H11FN8S2. The van der Waals surface area contributed by atoms with E-state index in [-0.39, 0.29) is 17.7 Å². The van der Waals surface area contributed by atoms with Gasteiger partial charge in [0.05, 0.1) is 5.75 Å². The normalized spacial score (nSPS) is 10.7. The number of nitrogens with zero attached hydrogens (tertiary/aromatic N) is 5. The second kappa shape index (κ2) is 6.71. The minimum absolute atomic E-state index is 0.0822. The molecule has 0 aliphatic carbocycles. The average molecular weight is 350 g/mol. The van der Waals surface area contributed by atoms with E-state index in [9.17, 15) is 4.39 Å². The van der Waals surface area contributed by atoms with Crippen molar-refractivity contribution < 1.29 is 4.39 Å². The van der Waals surface area contributed by atoms with Gasteiger partial charge in [0, 0.05) is 5.69 Å². The number of thioether (sulfide) groups is 1. The summed E-state index contributed by atoms with van der Waals surface area (Å²) >= 11 is 2.73. The highest BCUT2D eigenvalue weighted by atomic mass is 32.2. The number of rotatable bonds is 5. The Kier molecular flexibility index (Phi) is 4.48. The first kappa shape index (κ1) is 15.4. The Labute approximate surface area is 138 Å². The summed E-state index contributed by atoms with van der Waals surface area (Å²) in [6.07, 6.45) is 0. The SMILES string of the molecule is Nc1nc(N)nc(CSc2nnc(Nc3cccc(F)c3)s2)n1. The third-order valence-electron chi connectivity index (χ3n) is 2.52. The fraction of sp³-hybridized carbons (Fsp3) is 0.0833. The van der Waals surface area contributed by atoms with Crippen LogP contribution in [-0.2, 0) is 5.75 Å². The molecule has 0 atom stereocenters. The Bertz CT molecular complexity index is 804. The van der Waals surface area contributed by atoms with Gasteiger partial charge in [-0.25, -0.2) is 4.39 Å². The van der Waals surface area contributed by atoms with E-state index in [4.69, 9.17) is 11.5 Å². The van der Waals surface area contributed by atoms with E-state index in [1.165, 1.54) is 35.2 Å². The first-order chi connectivity index (χ1) is 11.1. The molecule has 23 heavy (non-hydrogen) atoms. The second-order valence-electron chi connectivity index (χ2n) is 4.27. The number of hydrogen-bond donors (Lipinski definition) is 3. The number of hydrogen-bond acceptors (Lipinski definition) is 10. The van der Waals surface area contributed by atoms with Crippen LogP contribution in [0.2, 0.25) is 0 Å². The first-order valence-electron chi connectivity index (χ1n) is 6.33. The topological polar surface area (TPSA) is 129 Å². The summed E-state index contributed by atoms with van der Waals surface area (Å²) in [6.45, 7) is 0. The molecule has 0 amide bonds. The van der Waals surface area contributed by atoms with Crippen molar-refractivity contribution in [1.82, 2.24) is 25.1 Å². The van der Waals surface area contributed by atoms with Crippen molar-refractivity contribution in [2.45, 2.75) is 10.1 Å². The van der Waals surface area contributed by atoms with E-state index >= 15 is 0 Å². The molecule has 0 bridgehead atoms. The van der Waals surface area contributed by atoms with Crippen LogP contribution in [0.5, 0.6) is 0 Å². The monoisotopic (exact) mass is 350 g/mol. The molecule has 0 aliphatic heterocycles.